The highest BCUT2D eigenvalue weighted by atomic mass is 19.4. The molecule has 0 bridgehead atoms. The van der Waals surface area contributed by atoms with Gasteiger partial charge in [0.25, 0.3) is 0 Å². The maximum atomic E-state index is 13.3. The van der Waals surface area contributed by atoms with Crippen LogP contribution in [0, 0.1) is 5.82 Å². The van der Waals surface area contributed by atoms with Crippen LogP contribution in [0.3, 0.4) is 0 Å². The van der Waals surface area contributed by atoms with Crippen LogP contribution in [0.1, 0.15) is 30.1 Å². The number of nitrogens with two attached hydrogens (primary N) is 1. The zero-order chi connectivity index (χ0) is 15.2. The maximum Gasteiger partial charge on any atom is 0.419 e. The Labute approximate surface area is 117 Å². The average Bonchev–Trinajstić information content (AvgIpc) is 3.21. The van der Waals surface area contributed by atoms with E-state index in [2.05, 4.69) is 9.97 Å². The third-order valence-corrected chi connectivity index (χ3v) is 3.27. The zero-order valence-corrected chi connectivity index (χ0v) is 10.8. The highest BCUT2D eigenvalue weighted by molar-refractivity contribution is 5.63. The molecule has 0 aliphatic heterocycles. The summed E-state index contributed by atoms with van der Waals surface area (Å²) in [6.45, 7) is 0. The largest absolute Gasteiger partial charge is 0.419 e. The van der Waals surface area contributed by atoms with Gasteiger partial charge < -0.3 is 5.73 Å². The summed E-state index contributed by atoms with van der Waals surface area (Å²) >= 11 is 0. The quantitative estimate of drug-likeness (QED) is 0.859. The average molecular weight is 297 g/mol. The van der Waals surface area contributed by atoms with Crippen molar-refractivity contribution >= 4 is 5.82 Å². The van der Waals surface area contributed by atoms with E-state index in [1.807, 2.05) is 0 Å². The maximum absolute atomic E-state index is 13.3. The molecule has 110 valence electrons. The van der Waals surface area contributed by atoms with Gasteiger partial charge in [0.1, 0.15) is 17.5 Å². The van der Waals surface area contributed by atoms with E-state index in [-0.39, 0.29) is 23.0 Å². The molecule has 0 radical (unpaired) electrons. The van der Waals surface area contributed by atoms with Crippen molar-refractivity contribution < 1.29 is 17.6 Å². The number of aromatic nitrogens is 2. The Hall–Kier alpha value is -2.18. The lowest BCUT2D eigenvalue weighted by atomic mass is 10.1. The number of nitrogens with zero attached hydrogens (tertiary/aromatic N) is 2. The molecular weight excluding hydrogens is 286 g/mol. The second-order valence-corrected chi connectivity index (χ2v) is 5.00. The van der Waals surface area contributed by atoms with Gasteiger partial charge in [-0.05, 0) is 31.0 Å². The number of hydrogen-bond acceptors (Lipinski definition) is 3. The smallest absolute Gasteiger partial charge is 0.384 e. The highest BCUT2D eigenvalue weighted by Gasteiger charge is 2.34. The molecule has 0 atom stereocenters. The van der Waals surface area contributed by atoms with Crippen LogP contribution in [0.4, 0.5) is 23.4 Å². The zero-order valence-electron chi connectivity index (χ0n) is 10.8. The SMILES string of the molecule is Nc1cc(-c2ccc(F)c(C(F)(F)F)c2)nc(C2CC2)n1. The van der Waals surface area contributed by atoms with Crippen LogP contribution in [0.2, 0.25) is 0 Å². The van der Waals surface area contributed by atoms with Crippen LogP contribution in [0.25, 0.3) is 11.3 Å². The van der Waals surface area contributed by atoms with Gasteiger partial charge in [-0.1, -0.05) is 0 Å². The number of benzene rings is 1. The minimum Gasteiger partial charge on any atom is -0.384 e. The second kappa shape index (κ2) is 4.68. The molecule has 1 fully saturated rings. The summed E-state index contributed by atoms with van der Waals surface area (Å²) in [5.74, 6) is -0.367. The molecule has 2 aromatic rings. The van der Waals surface area contributed by atoms with Crippen LogP contribution in [0.5, 0.6) is 0 Å². The molecule has 1 aliphatic rings. The molecular formula is C14H11F4N3. The fourth-order valence-corrected chi connectivity index (χ4v) is 2.06. The lowest BCUT2D eigenvalue weighted by molar-refractivity contribution is -0.139. The van der Waals surface area contributed by atoms with Crippen LogP contribution in [0.15, 0.2) is 24.3 Å². The van der Waals surface area contributed by atoms with E-state index in [9.17, 15) is 17.6 Å². The van der Waals surface area contributed by atoms with Crippen molar-refractivity contribution in [2.24, 2.45) is 0 Å². The van der Waals surface area contributed by atoms with E-state index in [0.717, 1.165) is 25.0 Å². The standard InChI is InChI=1S/C14H11F4N3/c15-10-4-3-8(5-9(10)14(16,17)18)11-6-12(19)21-13(20-11)7-1-2-7/h3-7H,1-2H2,(H2,19,20,21). The number of halogens is 4. The van der Waals surface area contributed by atoms with Gasteiger partial charge in [-0.2, -0.15) is 13.2 Å². The molecule has 0 spiro atoms. The summed E-state index contributed by atoms with van der Waals surface area (Å²) in [6.07, 6.45) is -2.86. The molecule has 1 heterocycles. The Morgan fingerprint density at radius 1 is 1.10 bits per heavy atom. The Morgan fingerprint density at radius 3 is 2.43 bits per heavy atom. The van der Waals surface area contributed by atoms with E-state index >= 15 is 0 Å². The summed E-state index contributed by atoms with van der Waals surface area (Å²) in [5.41, 5.74) is 4.79. The Kier molecular flexibility index (Phi) is 3.07. The monoisotopic (exact) mass is 297 g/mol. The van der Waals surface area contributed by atoms with Crippen molar-refractivity contribution in [3.8, 4) is 11.3 Å². The summed E-state index contributed by atoms with van der Waals surface area (Å²) in [7, 11) is 0. The van der Waals surface area contributed by atoms with E-state index in [1.54, 1.807) is 0 Å². The molecule has 7 heteroatoms. The molecule has 0 amide bonds. The van der Waals surface area contributed by atoms with Crippen molar-refractivity contribution in [1.82, 2.24) is 9.97 Å². The van der Waals surface area contributed by atoms with Crippen molar-refractivity contribution in [3.05, 3.63) is 41.5 Å². The van der Waals surface area contributed by atoms with Gasteiger partial charge in [0.2, 0.25) is 0 Å². The minimum atomic E-state index is -4.75. The first-order valence-corrected chi connectivity index (χ1v) is 6.36. The van der Waals surface area contributed by atoms with Gasteiger partial charge in [-0.3, -0.25) is 0 Å². The van der Waals surface area contributed by atoms with E-state index in [4.69, 9.17) is 5.73 Å². The van der Waals surface area contributed by atoms with Crippen LogP contribution >= 0.6 is 0 Å². The van der Waals surface area contributed by atoms with Gasteiger partial charge in [0.05, 0.1) is 11.3 Å². The Morgan fingerprint density at radius 2 is 1.81 bits per heavy atom. The molecule has 1 saturated carbocycles. The summed E-state index contributed by atoms with van der Waals surface area (Å²) < 4.78 is 51.5. The van der Waals surface area contributed by atoms with E-state index in [1.165, 1.54) is 12.1 Å². The van der Waals surface area contributed by atoms with Crippen molar-refractivity contribution in [2.75, 3.05) is 5.73 Å². The van der Waals surface area contributed by atoms with Crippen LogP contribution in [-0.2, 0) is 6.18 Å². The molecule has 1 aliphatic carbocycles. The number of rotatable bonds is 2. The first kappa shape index (κ1) is 13.8. The topological polar surface area (TPSA) is 51.8 Å². The predicted octanol–water partition coefficient (Wildman–Crippen LogP) is 3.76. The van der Waals surface area contributed by atoms with E-state index in [0.29, 0.717) is 5.82 Å². The fraction of sp³-hybridized carbons (Fsp3) is 0.286. The van der Waals surface area contributed by atoms with Crippen molar-refractivity contribution in [1.29, 1.82) is 0 Å². The molecule has 1 aromatic carbocycles. The molecule has 21 heavy (non-hydrogen) atoms. The van der Waals surface area contributed by atoms with Gasteiger partial charge in [-0.15, -0.1) is 0 Å². The third kappa shape index (κ3) is 2.81. The first-order valence-electron chi connectivity index (χ1n) is 6.36. The summed E-state index contributed by atoms with van der Waals surface area (Å²) in [4.78, 5) is 8.32. The van der Waals surface area contributed by atoms with Gasteiger partial charge >= 0.3 is 6.18 Å². The predicted molar refractivity (Wildman–Crippen MR) is 68.8 cm³/mol. The molecule has 3 nitrogen and oxygen atoms in total. The Bertz CT molecular complexity index is 693. The Balaban J connectivity index is 2.08. The summed E-state index contributed by atoms with van der Waals surface area (Å²) in [5, 5.41) is 0. The van der Waals surface area contributed by atoms with Crippen LogP contribution in [-0.4, -0.2) is 9.97 Å². The fourth-order valence-electron chi connectivity index (χ4n) is 2.06. The van der Waals surface area contributed by atoms with Gasteiger partial charge in [0.15, 0.2) is 0 Å². The minimum absolute atomic E-state index is 0.166. The number of nitrogen functional groups attached to an aromatic ring is 1. The lowest BCUT2D eigenvalue weighted by Crippen LogP contribution is -2.08. The van der Waals surface area contributed by atoms with E-state index < -0.39 is 17.6 Å². The number of alkyl halides is 3. The first-order chi connectivity index (χ1) is 9.84. The van der Waals surface area contributed by atoms with Crippen molar-refractivity contribution in [3.63, 3.8) is 0 Å². The molecule has 1 aromatic heterocycles. The van der Waals surface area contributed by atoms with Gasteiger partial charge in [0, 0.05) is 17.5 Å². The van der Waals surface area contributed by atoms with Crippen LogP contribution < -0.4 is 5.73 Å². The summed E-state index contributed by atoms with van der Waals surface area (Å²) in [6, 6.07) is 4.17. The molecule has 0 saturated heterocycles. The lowest BCUT2D eigenvalue weighted by Gasteiger charge is -2.10. The third-order valence-electron chi connectivity index (χ3n) is 3.27. The normalized spacial score (nSPS) is 15.2. The number of hydrogen-bond donors (Lipinski definition) is 1. The molecule has 3 rings (SSSR count). The van der Waals surface area contributed by atoms with Gasteiger partial charge in [-0.25, -0.2) is 14.4 Å². The van der Waals surface area contributed by atoms with Crippen molar-refractivity contribution in [2.45, 2.75) is 24.9 Å². The highest BCUT2D eigenvalue weighted by Crippen LogP contribution is 2.39. The second-order valence-electron chi connectivity index (χ2n) is 5.00. The molecule has 2 N–H and O–H groups in total. The molecule has 0 unspecified atom stereocenters. The number of anilines is 1.